The molecule has 2 aromatic heterocycles. The Hall–Kier alpha value is -3.54. The van der Waals surface area contributed by atoms with Gasteiger partial charge in [0.25, 0.3) is 5.91 Å². The Morgan fingerprint density at radius 1 is 1.39 bits per heavy atom. The van der Waals surface area contributed by atoms with E-state index >= 15 is 0 Å². The third-order valence-electron chi connectivity index (χ3n) is 5.86. The number of aromatic amines is 1. The third kappa shape index (κ3) is 3.69. The zero-order chi connectivity index (χ0) is 24.0. The van der Waals surface area contributed by atoms with Gasteiger partial charge in [0.05, 0.1) is 12.2 Å². The van der Waals surface area contributed by atoms with E-state index in [1.54, 1.807) is 0 Å². The van der Waals surface area contributed by atoms with Gasteiger partial charge in [-0.2, -0.15) is 18.3 Å². The number of ether oxygens (including phenoxy) is 1. The first kappa shape index (κ1) is 22.6. The van der Waals surface area contributed by atoms with Crippen LogP contribution in [0.15, 0.2) is 22.7 Å². The highest BCUT2D eigenvalue weighted by atomic mass is 19.4. The number of nitrogens with one attached hydrogen (secondary N) is 2. The Bertz CT molecular complexity index is 1230. The summed E-state index contributed by atoms with van der Waals surface area (Å²) in [6.45, 7) is 0.758. The number of hydrogen-bond acceptors (Lipinski definition) is 6. The maximum Gasteiger partial charge on any atom is 0.435 e. The van der Waals surface area contributed by atoms with E-state index in [9.17, 15) is 27.9 Å². The summed E-state index contributed by atoms with van der Waals surface area (Å²) in [6, 6.07) is 2.90. The summed E-state index contributed by atoms with van der Waals surface area (Å²) in [5.41, 5.74) is 3.05. The van der Waals surface area contributed by atoms with E-state index in [4.69, 9.17) is 14.9 Å². The van der Waals surface area contributed by atoms with Crippen molar-refractivity contribution in [2.24, 2.45) is 5.73 Å². The number of carbonyl (C=O) groups is 2. The molecular formula is C21H21F3N4O5. The van der Waals surface area contributed by atoms with Gasteiger partial charge in [-0.3, -0.25) is 14.7 Å². The van der Waals surface area contributed by atoms with E-state index in [1.165, 1.54) is 19.1 Å². The van der Waals surface area contributed by atoms with E-state index in [-0.39, 0.29) is 45.6 Å². The van der Waals surface area contributed by atoms with Gasteiger partial charge in [0, 0.05) is 29.3 Å². The van der Waals surface area contributed by atoms with Gasteiger partial charge in [-0.15, -0.1) is 0 Å². The van der Waals surface area contributed by atoms with Crippen molar-refractivity contribution in [3.8, 4) is 5.75 Å². The molecule has 1 fully saturated rings. The molecule has 4 rings (SSSR count). The minimum Gasteiger partial charge on any atom is -0.488 e. The van der Waals surface area contributed by atoms with Crippen LogP contribution in [-0.4, -0.2) is 40.3 Å². The Labute approximate surface area is 185 Å². The number of amides is 2. The van der Waals surface area contributed by atoms with E-state index in [0.717, 1.165) is 6.20 Å². The molecule has 0 spiro atoms. The topological polar surface area (TPSA) is 143 Å². The number of hydrogen-bond donors (Lipinski definition) is 4. The number of halogens is 3. The maximum absolute atomic E-state index is 13.2. The van der Waals surface area contributed by atoms with Crippen LogP contribution in [0.4, 0.5) is 13.2 Å². The summed E-state index contributed by atoms with van der Waals surface area (Å²) in [4.78, 5) is 25.3. The normalized spacial score (nSPS) is 19.0. The summed E-state index contributed by atoms with van der Waals surface area (Å²) >= 11 is 0. The fourth-order valence-electron chi connectivity index (χ4n) is 4.35. The number of aryl methyl sites for hydroxylation is 1. The van der Waals surface area contributed by atoms with Crippen LogP contribution in [0.5, 0.6) is 5.75 Å². The second-order valence-electron chi connectivity index (χ2n) is 7.85. The number of aliphatic hydroxyl groups excluding tert-OH is 1. The largest absolute Gasteiger partial charge is 0.488 e. The van der Waals surface area contributed by atoms with Crippen molar-refractivity contribution in [2.75, 3.05) is 13.2 Å². The molecule has 0 saturated carbocycles. The van der Waals surface area contributed by atoms with Crippen LogP contribution in [0.1, 0.15) is 45.8 Å². The Kier molecular flexibility index (Phi) is 5.56. The molecule has 0 radical (unpaired) electrons. The maximum atomic E-state index is 13.2. The summed E-state index contributed by atoms with van der Waals surface area (Å²) in [6.07, 6.45) is -2.90. The molecule has 9 nitrogen and oxygen atoms in total. The van der Waals surface area contributed by atoms with Gasteiger partial charge in [-0.05, 0) is 31.9 Å². The van der Waals surface area contributed by atoms with Crippen LogP contribution >= 0.6 is 0 Å². The van der Waals surface area contributed by atoms with Crippen molar-refractivity contribution in [3.63, 3.8) is 0 Å². The molecule has 2 amide bonds. The number of H-pyrrole nitrogens is 1. The SMILES string of the molecule is Cc1oc2ccc(OCc3c[nH]nc3C(F)(F)F)c(C3(CO)CCCNC3=O)c2c1C(N)=O. The molecule has 1 atom stereocenters. The van der Waals surface area contributed by atoms with Crippen molar-refractivity contribution in [1.82, 2.24) is 15.5 Å². The predicted octanol–water partition coefficient (Wildman–Crippen LogP) is 2.30. The van der Waals surface area contributed by atoms with Crippen LogP contribution in [0, 0.1) is 6.92 Å². The van der Waals surface area contributed by atoms with Crippen molar-refractivity contribution in [1.29, 1.82) is 0 Å². The van der Waals surface area contributed by atoms with E-state index in [2.05, 4.69) is 15.5 Å². The molecule has 1 aromatic carbocycles. The number of aliphatic hydroxyl groups is 1. The number of nitrogens with zero attached hydrogens (tertiary/aromatic N) is 1. The lowest BCUT2D eigenvalue weighted by Gasteiger charge is -2.36. The second-order valence-corrected chi connectivity index (χ2v) is 7.85. The molecule has 3 heterocycles. The fraction of sp³-hybridized carbons (Fsp3) is 0.381. The molecule has 176 valence electrons. The number of furan rings is 1. The van der Waals surface area contributed by atoms with Crippen LogP contribution < -0.4 is 15.8 Å². The first-order chi connectivity index (χ1) is 15.6. The molecule has 12 heteroatoms. The molecule has 1 saturated heterocycles. The summed E-state index contributed by atoms with van der Waals surface area (Å²) in [7, 11) is 0. The number of fused-ring (bicyclic) bond motifs is 1. The van der Waals surface area contributed by atoms with Crippen molar-refractivity contribution >= 4 is 22.8 Å². The zero-order valence-corrected chi connectivity index (χ0v) is 17.5. The highest BCUT2D eigenvalue weighted by Crippen LogP contribution is 2.45. The van der Waals surface area contributed by atoms with Crippen LogP contribution in [0.2, 0.25) is 0 Å². The molecular weight excluding hydrogens is 445 g/mol. The number of nitrogens with two attached hydrogens (primary N) is 1. The van der Waals surface area contributed by atoms with E-state index in [1.807, 2.05) is 0 Å². The average Bonchev–Trinajstić information content (AvgIpc) is 3.36. The molecule has 3 aromatic rings. The number of benzene rings is 1. The number of rotatable bonds is 6. The lowest BCUT2D eigenvalue weighted by Crippen LogP contribution is -2.51. The molecule has 1 aliphatic heterocycles. The molecule has 1 aliphatic rings. The zero-order valence-electron chi connectivity index (χ0n) is 17.5. The minimum absolute atomic E-state index is 0.0101. The third-order valence-corrected chi connectivity index (χ3v) is 5.86. The monoisotopic (exact) mass is 466 g/mol. The fourth-order valence-corrected chi connectivity index (χ4v) is 4.35. The minimum atomic E-state index is -4.69. The first-order valence-electron chi connectivity index (χ1n) is 10.1. The van der Waals surface area contributed by atoms with Gasteiger partial charge in [0.2, 0.25) is 5.91 Å². The van der Waals surface area contributed by atoms with Gasteiger partial charge in [0.1, 0.15) is 29.1 Å². The number of carbonyl (C=O) groups excluding carboxylic acids is 2. The van der Waals surface area contributed by atoms with Crippen molar-refractivity contribution in [2.45, 2.75) is 38.0 Å². The standard InChI is InChI=1S/C21H21F3N4O5/c1-10-14(18(25)30)15-12(33-10)3-4-13(16(15)20(9-29)5-2-6-26-19(20)31)32-8-11-7-27-28-17(11)21(22,23)24/h3-4,7,29H,2,5-6,8-9H2,1H3,(H2,25,30)(H,26,31)(H,27,28). The highest BCUT2D eigenvalue weighted by Gasteiger charge is 2.46. The lowest BCUT2D eigenvalue weighted by atomic mass is 9.72. The van der Waals surface area contributed by atoms with Gasteiger partial charge in [-0.1, -0.05) is 0 Å². The number of primary amides is 1. The number of piperidine rings is 1. The van der Waals surface area contributed by atoms with E-state index in [0.29, 0.717) is 13.0 Å². The summed E-state index contributed by atoms with van der Waals surface area (Å²) < 4.78 is 51.0. The highest BCUT2D eigenvalue weighted by molar-refractivity contribution is 6.10. The van der Waals surface area contributed by atoms with Crippen molar-refractivity contribution in [3.05, 3.63) is 46.5 Å². The molecule has 1 unspecified atom stereocenters. The Balaban J connectivity index is 1.91. The van der Waals surface area contributed by atoms with E-state index < -0.39 is 42.3 Å². The predicted molar refractivity (Wildman–Crippen MR) is 108 cm³/mol. The van der Waals surface area contributed by atoms with Crippen LogP contribution in [0.25, 0.3) is 11.0 Å². The molecule has 0 aliphatic carbocycles. The van der Waals surface area contributed by atoms with Crippen LogP contribution in [-0.2, 0) is 23.0 Å². The Morgan fingerprint density at radius 2 is 2.15 bits per heavy atom. The molecule has 0 bridgehead atoms. The summed E-state index contributed by atoms with van der Waals surface area (Å²) in [5.74, 6) is -1.09. The number of alkyl halides is 3. The average molecular weight is 466 g/mol. The summed E-state index contributed by atoms with van der Waals surface area (Å²) in [5, 5.41) is 18.7. The van der Waals surface area contributed by atoms with Gasteiger partial charge >= 0.3 is 6.18 Å². The molecule has 33 heavy (non-hydrogen) atoms. The lowest BCUT2D eigenvalue weighted by molar-refractivity contribution is -0.142. The van der Waals surface area contributed by atoms with Gasteiger partial charge in [0.15, 0.2) is 5.69 Å². The molecule has 5 N–H and O–H groups in total. The number of aromatic nitrogens is 2. The van der Waals surface area contributed by atoms with Crippen LogP contribution in [0.3, 0.4) is 0 Å². The quantitative estimate of drug-likeness (QED) is 0.439. The van der Waals surface area contributed by atoms with Gasteiger partial charge < -0.3 is 25.3 Å². The smallest absolute Gasteiger partial charge is 0.435 e. The van der Waals surface area contributed by atoms with Crippen molar-refractivity contribution < 1.29 is 37.0 Å². The Morgan fingerprint density at radius 3 is 2.79 bits per heavy atom. The second kappa shape index (κ2) is 8.10. The van der Waals surface area contributed by atoms with Gasteiger partial charge in [-0.25, -0.2) is 0 Å². The first-order valence-corrected chi connectivity index (χ1v) is 10.1.